The average molecular weight is 1440 g/mol. The molecule has 3 N–H and O–H groups in total. The van der Waals surface area contributed by atoms with Crippen LogP contribution in [0.5, 0.6) is 0 Å². The van der Waals surface area contributed by atoms with Gasteiger partial charge in [0.15, 0.2) is 12.2 Å². The van der Waals surface area contributed by atoms with Crippen LogP contribution >= 0.6 is 15.6 Å². The van der Waals surface area contributed by atoms with Crippen molar-refractivity contribution < 1.29 is 80.2 Å². The molecule has 0 rings (SSSR count). The number of carbonyl (C=O) groups excluding carboxylic acids is 4. The summed E-state index contributed by atoms with van der Waals surface area (Å²) < 4.78 is 68.6. The molecule has 0 aromatic carbocycles. The van der Waals surface area contributed by atoms with E-state index in [2.05, 4.69) is 48.5 Å². The van der Waals surface area contributed by atoms with E-state index < -0.39 is 97.5 Å². The number of carbonyl (C=O) groups is 4. The van der Waals surface area contributed by atoms with Gasteiger partial charge in [-0.3, -0.25) is 37.3 Å². The first-order chi connectivity index (χ1) is 47.2. The van der Waals surface area contributed by atoms with Crippen LogP contribution < -0.4 is 0 Å². The van der Waals surface area contributed by atoms with Crippen LogP contribution in [0.4, 0.5) is 0 Å². The number of aliphatic hydroxyl groups is 1. The highest BCUT2D eigenvalue weighted by molar-refractivity contribution is 7.47. The zero-order valence-corrected chi connectivity index (χ0v) is 66.0. The molecule has 2 unspecified atom stereocenters. The Bertz CT molecular complexity index is 1900. The van der Waals surface area contributed by atoms with E-state index >= 15 is 0 Å². The molecule has 0 aromatic rings. The number of hydrogen-bond donors (Lipinski definition) is 3. The Hall–Kier alpha value is -1.94. The lowest BCUT2D eigenvalue weighted by Gasteiger charge is -2.21. The monoisotopic (exact) mass is 1440 g/mol. The normalized spacial score (nSPS) is 14.0. The fourth-order valence-corrected chi connectivity index (χ4v) is 13.7. The zero-order valence-electron chi connectivity index (χ0n) is 64.3. The van der Waals surface area contributed by atoms with Gasteiger partial charge < -0.3 is 33.8 Å². The lowest BCUT2D eigenvalue weighted by atomic mass is 10.0. The van der Waals surface area contributed by atoms with E-state index in [-0.39, 0.29) is 25.7 Å². The fourth-order valence-electron chi connectivity index (χ4n) is 12.1. The van der Waals surface area contributed by atoms with Gasteiger partial charge in [0, 0.05) is 25.7 Å². The van der Waals surface area contributed by atoms with E-state index in [0.717, 1.165) is 108 Å². The number of phosphoric acid groups is 2. The Kier molecular flexibility index (Phi) is 68.1. The predicted molar refractivity (Wildman–Crippen MR) is 400 cm³/mol. The van der Waals surface area contributed by atoms with Crippen molar-refractivity contribution in [1.29, 1.82) is 0 Å². The van der Waals surface area contributed by atoms with Crippen LogP contribution in [-0.4, -0.2) is 96.7 Å². The maximum Gasteiger partial charge on any atom is 0.472 e. The maximum atomic E-state index is 13.1. The van der Waals surface area contributed by atoms with Crippen LogP contribution in [0, 0.1) is 17.8 Å². The zero-order chi connectivity index (χ0) is 72.3. The quantitative estimate of drug-likeness (QED) is 0.0222. The van der Waals surface area contributed by atoms with Gasteiger partial charge in [-0.25, -0.2) is 9.13 Å². The summed E-state index contributed by atoms with van der Waals surface area (Å²) in [6, 6.07) is 0. The van der Waals surface area contributed by atoms with Gasteiger partial charge >= 0.3 is 39.5 Å². The molecule has 0 aliphatic carbocycles. The summed E-state index contributed by atoms with van der Waals surface area (Å²) in [5, 5.41) is 10.6. The van der Waals surface area contributed by atoms with E-state index in [0.29, 0.717) is 31.6 Å². The minimum atomic E-state index is -4.96. The van der Waals surface area contributed by atoms with E-state index in [1.807, 2.05) is 0 Å². The molecule has 0 heterocycles. The Morgan fingerprint density at radius 1 is 0.276 bits per heavy atom. The molecular weight excluding hydrogens is 1280 g/mol. The van der Waals surface area contributed by atoms with Crippen molar-refractivity contribution in [3.8, 4) is 0 Å². The molecule has 0 aliphatic heterocycles. The molecule has 5 atom stereocenters. The van der Waals surface area contributed by atoms with Crippen LogP contribution in [0.15, 0.2) is 0 Å². The molecule has 98 heavy (non-hydrogen) atoms. The highest BCUT2D eigenvalue weighted by atomic mass is 31.2. The van der Waals surface area contributed by atoms with Crippen LogP contribution in [0.3, 0.4) is 0 Å². The summed E-state index contributed by atoms with van der Waals surface area (Å²) in [4.78, 5) is 72.9. The first kappa shape index (κ1) is 96.1. The standard InChI is InChI=1S/C79H154O17P2/c1-8-9-10-11-12-13-14-27-33-40-48-55-62-78(83)96-75(67-90-77(82)61-54-47-42-35-38-45-52-59-72(6)7)69-94-98(87,88)92-65-73(80)64-91-97(85,86)93-68-74(66-89-76(81)60-53-46-39-32-28-24-23-26-31-37-44-51-58-71(4)5)95-79(84)63-56-49-41-34-29-22-20-18-16-15-17-19-21-25-30-36-43-50-57-70(2)3/h70-75,80H,8-69H2,1-7H3,(H,85,86)(H,87,88)/t73-,74-,75-/m1/s1. The van der Waals surface area contributed by atoms with Crippen molar-refractivity contribution in [3.63, 3.8) is 0 Å². The van der Waals surface area contributed by atoms with Crippen LogP contribution in [0.25, 0.3) is 0 Å². The van der Waals surface area contributed by atoms with E-state index in [1.54, 1.807) is 0 Å². The molecular formula is C79H154O17P2. The molecule has 0 aromatic heterocycles. The fraction of sp³-hybridized carbons (Fsp3) is 0.949. The highest BCUT2D eigenvalue weighted by Gasteiger charge is 2.30. The van der Waals surface area contributed by atoms with Gasteiger partial charge in [-0.2, -0.15) is 0 Å². The summed E-state index contributed by atoms with van der Waals surface area (Å²) in [6.07, 6.45) is 57.0. The maximum absolute atomic E-state index is 13.1. The summed E-state index contributed by atoms with van der Waals surface area (Å²) in [5.74, 6) is 0.193. The van der Waals surface area contributed by atoms with E-state index in [1.165, 1.54) is 212 Å². The molecule has 0 bridgehead atoms. The molecule has 0 saturated heterocycles. The van der Waals surface area contributed by atoms with Crippen LogP contribution in [0.2, 0.25) is 0 Å². The second kappa shape index (κ2) is 69.4. The van der Waals surface area contributed by atoms with Crippen LogP contribution in [-0.2, 0) is 65.4 Å². The van der Waals surface area contributed by atoms with Gasteiger partial charge in [-0.05, 0) is 43.4 Å². The molecule has 582 valence electrons. The summed E-state index contributed by atoms with van der Waals surface area (Å²) >= 11 is 0. The largest absolute Gasteiger partial charge is 0.472 e. The molecule has 17 nitrogen and oxygen atoms in total. The van der Waals surface area contributed by atoms with Crippen LogP contribution in [0.1, 0.15) is 408 Å². The number of esters is 4. The topological polar surface area (TPSA) is 237 Å². The molecule has 19 heteroatoms. The smallest absolute Gasteiger partial charge is 0.462 e. The highest BCUT2D eigenvalue weighted by Crippen LogP contribution is 2.45. The lowest BCUT2D eigenvalue weighted by molar-refractivity contribution is -0.161. The van der Waals surface area contributed by atoms with Gasteiger partial charge in [-0.15, -0.1) is 0 Å². The number of aliphatic hydroxyl groups excluding tert-OH is 1. The number of phosphoric ester groups is 2. The average Bonchev–Trinajstić information content (AvgIpc) is 0.962. The number of ether oxygens (including phenoxy) is 4. The molecule has 0 saturated carbocycles. The Morgan fingerprint density at radius 3 is 0.694 bits per heavy atom. The van der Waals surface area contributed by atoms with Crippen molar-refractivity contribution in [2.75, 3.05) is 39.6 Å². The third kappa shape index (κ3) is 72.4. The van der Waals surface area contributed by atoms with Gasteiger partial charge in [-0.1, -0.05) is 357 Å². The van der Waals surface area contributed by atoms with E-state index in [9.17, 15) is 43.2 Å². The third-order valence-corrected chi connectivity index (χ3v) is 20.3. The Morgan fingerprint density at radius 2 is 0.469 bits per heavy atom. The van der Waals surface area contributed by atoms with Gasteiger partial charge in [0.25, 0.3) is 0 Å². The molecule has 0 aliphatic rings. The van der Waals surface area contributed by atoms with E-state index in [4.69, 9.17) is 37.0 Å². The first-order valence-corrected chi connectivity index (χ1v) is 43.8. The van der Waals surface area contributed by atoms with Crippen molar-refractivity contribution in [2.45, 2.75) is 426 Å². The second-order valence-electron chi connectivity index (χ2n) is 29.9. The van der Waals surface area contributed by atoms with Crippen molar-refractivity contribution in [1.82, 2.24) is 0 Å². The van der Waals surface area contributed by atoms with Gasteiger partial charge in [0.2, 0.25) is 0 Å². The molecule has 0 amide bonds. The van der Waals surface area contributed by atoms with Crippen molar-refractivity contribution >= 4 is 39.5 Å². The minimum Gasteiger partial charge on any atom is -0.462 e. The minimum absolute atomic E-state index is 0.106. The second-order valence-corrected chi connectivity index (χ2v) is 32.8. The molecule has 0 spiro atoms. The first-order valence-electron chi connectivity index (χ1n) is 40.8. The Labute approximate surface area is 600 Å². The number of hydrogen-bond acceptors (Lipinski definition) is 15. The SMILES string of the molecule is CCCCCCCCCCCCCCC(=O)O[C@H](COC(=O)CCCCCCCCCC(C)C)COP(=O)(O)OC[C@H](O)COP(=O)(O)OC[C@@H](COC(=O)CCCCCCCCCCCCCCC(C)C)OC(=O)CCCCCCCCCCCCCCCCCCCCC(C)C. The van der Waals surface area contributed by atoms with Gasteiger partial charge in [0.1, 0.15) is 19.3 Å². The molecule has 0 radical (unpaired) electrons. The summed E-state index contributed by atoms with van der Waals surface area (Å²) in [6.45, 7) is 11.9. The van der Waals surface area contributed by atoms with Crippen molar-refractivity contribution in [3.05, 3.63) is 0 Å². The Balaban J connectivity index is 5.21. The summed E-state index contributed by atoms with van der Waals surface area (Å²) in [7, 11) is -9.91. The number of unbranched alkanes of at least 4 members (excludes halogenated alkanes) is 45. The molecule has 0 fully saturated rings. The number of rotatable bonds is 77. The lowest BCUT2D eigenvalue weighted by Crippen LogP contribution is -2.30. The van der Waals surface area contributed by atoms with Gasteiger partial charge in [0.05, 0.1) is 26.4 Å². The van der Waals surface area contributed by atoms with Crippen molar-refractivity contribution in [2.24, 2.45) is 17.8 Å². The predicted octanol–water partition coefficient (Wildman–Crippen LogP) is 23.4. The summed E-state index contributed by atoms with van der Waals surface area (Å²) in [5.41, 5.74) is 0. The third-order valence-electron chi connectivity index (χ3n) is 18.4.